The number of carboxylic acids is 1. The van der Waals surface area contributed by atoms with Gasteiger partial charge in [0.1, 0.15) is 0 Å². The maximum atomic E-state index is 10.9. The van der Waals surface area contributed by atoms with Gasteiger partial charge in [-0.15, -0.1) is 0 Å². The number of halogens is 1. The fraction of sp³-hybridized carbons (Fsp3) is 0.500. The number of nitrogens with one attached hydrogen (secondary N) is 1. The van der Waals surface area contributed by atoms with Crippen LogP contribution >= 0.6 is 23.4 Å². The van der Waals surface area contributed by atoms with E-state index in [0.717, 1.165) is 17.9 Å². The Hall–Kier alpha value is -0.870. The second-order valence-corrected chi connectivity index (χ2v) is 6.60. The third-order valence-electron chi connectivity index (χ3n) is 3.38. The summed E-state index contributed by atoms with van der Waals surface area (Å²) in [5, 5.41) is 13.4. The minimum absolute atomic E-state index is 0.151. The van der Waals surface area contributed by atoms with Crippen molar-refractivity contribution in [1.29, 1.82) is 0 Å². The van der Waals surface area contributed by atoms with Crippen LogP contribution in [-0.2, 0) is 0 Å². The van der Waals surface area contributed by atoms with Crippen molar-refractivity contribution >= 4 is 35.0 Å². The zero-order valence-electron chi connectivity index (χ0n) is 10.9. The molecule has 0 radical (unpaired) electrons. The first-order chi connectivity index (χ1) is 9.11. The summed E-state index contributed by atoms with van der Waals surface area (Å²) in [5.41, 5.74) is 1.06. The van der Waals surface area contributed by atoms with Crippen molar-refractivity contribution in [2.24, 2.45) is 0 Å². The zero-order chi connectivity index (χ0) is 13.8. The van der Waals surface area contributed by atoms with Crippen LogP contribution in [-0.4, -0.2) is 28.1 Å². The summed E-state index contributed by atoms with van der Waals surface area (Å²) in [5.74, 6) is 0.137. The number of benzene rings is 1. The van der Waals surface area contributed by atoms with Crippen molar-refractivity contribution in [2.45, 2.75) is 37.5 Å². The van der Waals surface area contributed by atoms with Gasteiger partial charge in [0.15, 0.2) is 0 Å². The zero-order valence-corrected chi connectivity index (χ0v) is 12.4. The topological polar surface area (TPSA) is 49.3 Å². The predicted octanol–water partition coefficient (Wildman–Crippen LogP) is 4.12. The fourth-order valence-corrected chi connectivity index (χ4v) is 3.96. The van der Waals surface area contributed by atoms with Gasteiger partial charge in [0.2, 0.25) is 0 Å². The van der Waals surface area contributed by atoms with Crippen molar-refractivity contribution in [3.63, 3.8) is 0 Å². The molecular weight excluding hydrogens is 282 g/mol. The molecule has 2 N–H and O–H groups in total. The van der Waals surface area contributed by atoms with Gasteiger partial charge in [-0.25, -0.2) is 4.79 Å². The lowest BCUT2D eigenvalue weighted by molar-refractivity contribution is 0.0697. The molecule has 0 heterocycles. The van der Waals surface area contributed by atoms with Gasteiger partial charge >= 0.3 is 5.97 Å². The lowest BCUT2D eigenvalue weighted by Crippen LogP contribution is -2.26. The predicted molar refractivity (Wildman–Crippen MR) is 81.6 cm³/mol. The number of thioether (sulfide) groups is 1. The molecule has 19 heavy (non-hydrogen) atoms. The Kier molecular flexibility index (Phi) is 4.99. The summed E-state index contributed by atoms with van der Waals surface area (Å²) in [6, 6.07) is 5.51. The highest BCUT2D eigenvalue weighted by atomic mass is 35.5. The summed E-state index contributed by atoms with van der Waals surface area (Å²) in [4.78, 5) is 10.9. The molecule has 0 saturated heterocycles. The van der Waals surface area contributed by atoms with Gasteiger partial charge in [0.05, 0.1) is 10.6 Å². The molecule has 1 aromatic rings. The van der Waals surface area contributed by atoms with Crippen LogP contribution in [0.15, 0.2) is 18.2 Å². The number of hydrogen-bond acceptors (Lipinski definition) is 3. The fourth-order valence-electron chi connectivity index (χ4n) is 2.50. The highest BCUT2D eigenvalue weighted by Gasteiger charge is 2.27. The van der Waals surface area contributed by atoms with E-state index in [0.29, 0.717) is 11.3 Å². The van der Waals surface area contributed by atoms with E-state index in [1.165, 1.54) is 12.8 Å². The van der Waals surface area contributed by atoms with E-state index in [2.05, 4.69) is 12.2 Å². The Morgan fingerprint density at radius 2 is 2.32 bits per heavy atom. The first kappa shape index (κ1) is 14.5. The van der Waals surface area contributed by atoms with E-state index in [9.17, 15) is 4.79 Å². The van der Waals surface area contributed by atoms with Gasteiger partial charge in [0, 0.05) is 17.0 Å². The third-order valence-corrected chi connectivity index (χ3v) is 5.02. The van der Waals surface area contributed by atoms with E-state index < -0.39 is 5.97 Å². The average Bonchev–Trinajstić information content (AvgIpc) is 2.77. The number of carbonyl (C=O) groups is 1. The Labute approximate surface area is 122 Å². The minimum Gasteiger partial charge on any atom is -0.478 e. The molecule has 1 aliphatic carbocycles. The number of rotatable bonds is 5. The van der Waals surface area contributed by atoms with E-state index in [1.807, 2.05) is 11.8 Å². The Balaban J connectivity index is 2.07. The molecule has 1 aliphatic rings. The van der Waals surface area contributed by atoms with Crippen LogP contribution in [0.2, 0.25) is 5.02 Å². The standard InChI is InChI=1S/C14H18ClNO2S/c1-2-19-13-5-3-4-12(13)16-9-6-7-10(14(17)18)11(15)8-9/h6-8,12-13,16H,2-5H2,1H3,(H,17,18). The highest BCUT2D eigenvalue weighted by Crippen LogP contribution is 2.32. The summed E-state index contributed by atoms with van der Waals surface area (Å²) in [6.45, 7) is 2.18. The lowest BCUT2D eigenvalue weighted by Gasteiger charge is -2.21. The molecule has 104 valence electrons. The maximum Gasteiger partial charge on any atom is 0.337 e. The molecule has 2 unspecified atom stereocenters. The first-order valence-corrected chi connectivity index (χ1v) is 7.95. The Morgan fingerprint density at radius 3 is 2.95 bits per heavy atom. The highest BCUT2D eigenvalue weighted by molar-refractivity contribution is 7.99. The van der Waals surface area contributed by atoms with Crippen LogP contribution in [0.1, 0.15) is 36.5 Å². The molecule has 2 atom stereocenters. The van der Waals surface area contributed by atoms with E-state index >= 15 is 0 Å². The van der Waals surface area contributed by atoms with E-state index in [-0.39, 0.29) is 10.6 Å². The Morgan fingerprint density at radius 1 is 1.53 bits per heavy atom. The molecule has 0 aliphatic heterocycles. The van der Waals surface area contributed by atoms with Crippen LogP contribution in [0.3, 0.4) is 0 Å². The van der Waals surface area contributed by atoms with Crippen LogP contribution in [0.5, 0.6) is 0 Å². The van der Waals surface area contributed by atoms with Gasteiger partial charge in [-0.1, -0.05) is 24.9 Å². The molecule has 2 rings (SSSR count). The summed E-state index contributed by atoms with van der Waals surface area (Å²) in [7, 11) is 0. The van der Waals surface area contributed by atoms with Crippen LogP contribution < -0.4 is 5.32 Å². The monoisotopic (exact) mass is 299 g/mol. The molecule has 0 aromatic heterocycles. The quantitative estimate of drug-likeness (QED) is 0.858. The van der Waals surface area contributed by atoms with Crippen molar-refractivity contribution in [1.82, 2.24) is 0 Å². The van der Waals surface area contributed by atoms with Gasteiger partial charge < -0.3 is 10.4 Å². The molecule has 1 saturated carbocycles. The van der Waals surface area contributed by atoms with Crippen molar-refractivity contribution in [3.8, 4) is 0 Å². The smallest absolute Gasteiger partial charge is 0.337 e. The average molecular weight is 300 g/mol. The second kappa shape index (κ2) is 6.53. The van der Waals surface area contributed by atoms with Crippen LogP contribution in [0, 0.1) is 0 Å². The molecule has 0 amide bonds. The molecule has 3 nitrogen and oxygen atoms in total. The Bertz CT molecular complexity index is 467. The van der Waals surface area contributed by atoms with Crippen molar-refractivity contribution in [2.75, 3.05) is 11.1 Å². The number of aromatic carboxylic acids is 1. The normalized spacial score (nSPS) is 22.4. The van der Waals surface area contributed by atoms with Gasteiger partial charge in [0.25, 0.3) is 0 Å². The van der Waals surface area contributed by atoms with E-state index in [1.54, 1.807) is 18.2 Å². The van der Waals surface area contributed by atoms with E-state index in [4.69, 9.17) is 16.7 Å². The first-order valence-electron chi connectivity index (χ1n) is 6.52. The van der Waals surface area contributed by atoms with Crippen molar-refractivity contribution < 1.29 is 9.90 Å². The van der Waals surface area contributed by atoms with Gasteiger partial charge in [-0.2, -0.15) is 11.8 Å². The summed E-state index contributed by atoms with van der Waals surface area (Å²) < 4.78 is 0. The molecule has 1 aromatic carbocycles. The molecule has 0 spiro atoms. The third kappa shape index (κ3) is 3.57. The van der Waals surface area contributed by atoms with Gasteiger partial charge in [-0.3, -0.25) is 0 Å². The number of anilines is 1. The molecule has 0 bridgehead atoms. The van der Waals surface area contributed by atoms with Gasteiger partial charge in [-0.05, 0) is 36.8 Å². The number of carboxylic acid groups (broad SMARTS) is 1. The minimum atomic E-state index is -0.989. The van der Waals surface area contributed by atoms with Crippen molar-refractivity contribution in [3.05, 3.63) is 28.8 Å². The van der Waals surface area contributed by atoms with Crippen LogP contribution in [0.4, 0.5) is 5.69 Å². The summed E-state index contributed by atoms with van der Waals surface area (Å²) >= 11 is 7.97. The number of hydrogen-bond donors (Lipinski definition) is 2. The molecular formula is C14H18ClNO2S. The molecule has 5 heteroatoms. The lowest BCUT2D eigenvalue weighted by atomic mass is 10.2. The largest absolute Gasteiger partial charge is 0.478 e. The second-order valence-electron chi connectivity index (χ2n) is 4.68. The SMILES string of the molecule is CCSC1CCCC1Nc1ccc(C(=O)O)c(Cl)c1. The summed E-state index contributed by atoms with van der Waals surface area (Å²) in [6.07, 6.45) is 3.66. The molecule has 1 fully saturated rings. The van der Waals surface area contributed by atoms with Crippen LogP contribution in [0.25, 0.3) is 0 Å². The maximum absolute atomic E-state index is 10.9.